The van der Waals surface area contributed by atoms with Crippen LogP contribution in [-0.2, 0) is 0 Å². The molecule has 0 aliphatic rings. The molecule has 0 fully saturated rings. The summed E-state index contributed by atoms with van der Waals surface area (Å²) in [5, 5.41) is 1.05. The van der Waals surface area contributed by atoms with Gasteiger partial charge in [0.15, 0.2) is 0 Å². The van der Waals surface area contributed by atoms with Crippen molar-refractivity contribution in [2.24, 2.45) is 0 Å². The van der Waals surface area contributed by atoms with Crippen LogP contribution in [0.4, 0.5) is 8.78 Å². The molecular weight excluding hydrogens is 329 g/mol. The average Bonchev–Trinajstić information content (AvgIpc) is 2.34. The molecule has 19 heavy (non-hydrogen) atoms. The van der Waals surface area contributed by atoms with Crippen LogP contribution in [0, 0.1) is 0 Å². The molecule has 0 aromatic heterocycles. The fourth-order valence-corrected chi connectivity index (χ4v) is 3.39. The Labute approximate surface area is 128 Å². The smallest absolute Gasteiger partial charge is 0.182 e. The van der Waals surface area contributed by atoms with E-state index < -0.39 is 4.59 Å². The number of rotatable bonds is 4. The zero-order valence-electron chi connectivity index (χ0n) is 9.45. The fraction of sp³-hybridized carbons (Fsp3) is 0.0769. The van der Waals surface area contributed by atoms with Gasteiger partial charge in [0, 0.05) is 19.8 Å². The molecule has 0 aliphatic heterocycles. The van der Waals surface area contributed by atoms with Crippen LogP contribution in [0.5, 0.6) is 0 Å². The zero-order valence-corrected chi connectivity index (χ0v) is 12.6. The molecule has 0 radical (unpaired) electrons. The molecule has 0 bridgehead atoms. The Morgan fingerprint density at radius 3 is 1.32 bits per heavy atom. The molecule has 0 nitrogen and oxygen atoms in total. The highest BCUT2D eigenvalue weighted by atomic mass is 35.5. The van der Waals surface area contributed by atoms with E-state index in [2.05, 4.69) is 0 Å². The number of alkyl halides is 2. The highest BCUT2D eigenvalue weighted by Gasteiger charge is 2.32. The molecule has 0 atom stereocenters. The summed E-state index contributed by atoms with van der Waals surface area (Å²) < 4.78 is 24.8. The Bertz CT molecular complexity index is 492. The molecule has 0 amide bonds. The number of thioether (sulfide) groups is 2. The third-order valence-corrected chi connectivity index (χ3v) is 4.60. The second-order valence-electron chi connectivity index (χ2n) is 3.58. The van der Waals surface area contributed by atoms with Crippen LogP contribution < -0.4 is 0 Å². The van der Waals surface area contributed by atoms with E-state index >= 15 is 0 Å². The standard InChI is InChI=1S/C13H8Cl2F2S2/c14-9-1-5-11(6-2-9)18-13(16,17)19-12-7-3-10(15)4-8-12/h1-8H. The Morgan fingerprint density at radius 2 is 1.00 bits per heavy atom. The van der Waals surface area contributed by atoms with Crippen molar-refractivity contribution in [1.82, 2.24) is 0 Å². The van der Waals surface area contributed by atoms with Crippen LogP contribution in [0.1, 0.15) is 0 Å². The minimum atomic E-state index is -2.96. The van der Waals surface area contributed by atoms with E-state index in [1.165, 1.54) is 0 Å². The minimum absolute atomic E-state index is 0.468. The first-order chi connectivity index (χ1) is 8.94. The van der Waals surface area contributed by atoms with Gasteiger partial charge in [-0.25, -0.2) is 0 Å². The molecule has 0 aliphatic carbocycles. The maximum Gasteiger partial charge on any atom is 0.350 e. The second kappa shape index (κ2) is 6.35. The number of benzene rings is 2. The van der Waals surface area contributed by atoms with Gasteiger partial charge in [-0.2, -0.15) is 8.78 Å². The van der Waals surface area contributed by atoms with Gasteiger partial charge in [-0.1, -0.05) is 23.2 Å². The molecule has 0 N–H and O–H groups in total. The van der Waals surface area contributed by atoms with Gasteiger partial charge in [-0.15, -0.1) is 0 Å². The SMILES string of the molecule is FC(F)(Sc1ccc(Cl)cc1)Sc1ccc(Cl)cc1. The van der Waals surface area contributed by atoms with E-state index in [4.69, 9.17) is 23.2 Å². The highest BCUT2D eigenvalue weighted by Crippen LogP contribution is 2.48. The van der Waals surface area contributed by atoms with Gasteiger partial charge in [-0.05, 0) is 72.1 Å². The Balaban J connectivity index is 2.05. The highest BCUT2D eigenvalue weighted by molar-refractivity contribution is 8.17. The summed E-state index contributed by atoms with van der Waals surface area (Å²) in [7, 11) is 0. The summed E-state index contributed by atoms with van der Waals surface area (Å²) >= 11 is 12.4. The van der Waals surface area contributed by atoms with Crippen LogP contribution in [0.15, 0.2) is 58.3 Å². The van der Waals surface area contributed by atoms with Gasteiger partial charge in [0.2, 0.25) is 0 Å². The minimum Gasteiger partial charge on any atom is -0.182 e. The fourth-order valence-electron chi connectivity index (χ4n) is 1.30. The van der Waals surface area contributed by atoms with E-state index in [0.29, 0.717) is 43.4 Å². The molecule has 0 saturated carbocycles. The third-order valence-electron chi connectivity index (χ3n) is 2.10. The van der Waals surface area contributed by atoms with E-state index in [1.807, 2.05) is 0 Å². The largest absolute Gasteiger partial charge is 0.350 e. The lowest BCUT2D eigenvalue weighted by Gasteiger charge is -2.15. The van der Waals surface area contributed by atoms with Crippen LogP contribution in [0.2, 0.25) is 10.0 Å². The number of halogens is 4. The van der Waals surface area contributed by atoms with Crippen molar-refractivity contribution in [2.45, 2.75) is 14.4 Å². The first-order valence-electron chi connectivity index (χ1n) is 5.22. The Morgan fingerprint density at radius 1 is 0.684 bits per heavy atom. The normalized spacial score (nSPS) is 11.6. The molecule has 0 spiro atoms. The molecule has 2 aromatic rings. The Kier molecular flexibility index (Phi) is 5.01. The molecular formula is C13H8Cl2F2S2. The summed E-state index contributed by atoms with van der Waals surface area (Å²) in [5.74, 6) is 0. The first kappa shape index (κ1) is 15.0. The van der Waals surface area contributed by atoms with Crippen LogP contribution in [0.25, 0.3) is 0 Å². The van der Waals surface area contributed by atoms with Gasteiger partial charge < -0.3 is 0 Å². The maximum atomic E-state index is 13.9. The van der Waals surface area contributed by atoms with Crippen molar-refractivity contribution in [3.63, 3.8) is 0 Å². The lowest BCUT2D eigenvalue weighted by Crippen LogP contribution is -2.03. The second-order valence-corrected chi connectivity index (χ2v) is 7.08. The van der Waals surface area contributed by atoms with Gasteiger partial charge in [0.05, 0.1) is 0 Å². The Hall–Kier alpha value is -0.420. The number of hydrogen-bond acceptors (Lipinski definition) is 2. The topological polar surface area (TPSA) is 0 Å². The molecule has 100 valence electrons. The number of hydrogen-bond donors (Lipinski definition) is 0. The van der Waals surface area contributed by atoms with Gasteiger partial charge in [0.25, 0.3) is 0 Å². The molecule has 2 rings (SSSR count). The third kappa shape index (κ3) is 4.88. The van der Waals surface area contributed by atoms with Crippen molar-refractivity contribution in [1.29, 1.82) is 0 Å². The van der Waals surface area contributed by atoms with Crippen LogP contribution >= 0.6 is 46.7 Å². The summed E-state index contributed by atoms with van der Waals surface area (Å²) in [6.45, 7) is 0. The predicted molar refractivity (Wildman–Crippen MR) is 79.6 cm³/mol. The molecule has 0 saturated heterocycles. The summed E-state index contributed by atoms with van der Waals surface area (Å²) in [6.07, 6.45) is 0. The van der Waals surface area contributed by atoms with Gasteiger partial charge >= 0.3 is 4.59 Å². The predicted octanol–water partition coefficient (Wildman–Crippen LogP) is 6.43. The molecule has 0 unspecified atom stereocenters. The van der Waals surface area contributed by atoms with Crippen molar-refractivity contribution in [3.8, 4) is 0 Å². The lowest BCUT2D eigenvalue weighted by molar-refractivity contribution is 0.212. The quantitative estimate of drug-likeness (QED) is 0.466. The van der Waals surface area contributed by atoms with Crippen molar-refractivity contribution >= 4 is 46.7 Å². The molecule has 2 aromatic carbocycles. The monoisotopic (exact) mass is 336 g/mol. The van der Waals surface area contributed by atoms with E-state index in [0.717, 1.165) is 0 Å². The summed E-state index contributed by atoms with van der Waals surface area (Å²) in [6, 6.07) is 12.7. The summed E-state index contributed by atoms with van der Waals surface area (Å²) in [5.41, 5.74) is 0. The van der Waals surface area contributed by atoms with Crippen molar-refractivity contribution < 1.29 is 8.78 Å². The van der Waals surface area contributed by atoms with Crippen LogP contribution in [0.3, 0.4) is 0 Å². The average molecular weight is 337 g/mol. The lowest BCUT2D eigenvalue weighted by atomic mass is 10.4. The zero-order chi connectivity index (χ0) is 13.9. The van der Waals surface area contributed by atoms with E-state index in [1.54, 1.807) is 48.5 Å². The van der Waals surface area contributed by atoms with Crippen molar-refractivity contribution in [2.75, 3.05) is 0 Å². The van der Waals surface area contributed by atoms with Crippen LogP contribution in [-0.4, -0.2) is 4.59 Å². The van der Waals surface area contributed by atoms with Gasteiger partial charge in [-0.3, -0.25) is 0 Å². The molecule has 6 heteroatoms. The van der Waals surface area contributed by atoms with Gasteiger partial charge in [0.1, 0.15) is 0 Å². The molecule has 0 heterocycles. The summed E-state index contributed by atoms with van der Waals surface area (Å²) in [4.78, 5) is 0.937. The first-order valence-corrected chi connectivity index (χ1v) is 7.60. The van der Waals surface area contributed by atoms with E-state index in [-0.39, 0.29) is 0 Å². The van der Waals surface area contributed by atoms with Crippen molar-refractivity contribution in [3.05, 3.63) is 58.6 Å². The van der Waals surface area contributed by atoms with E-state index in [9.17, 15) is 8.78 Å². The maximum absolute atomic E-state index is 13.9.